The summed E-state index contributed by atoms with van der Waals surface area (Å²) in [6.45, 7) is 3.23. The summed E-state index contributed by atoms with van der Waals surface area (Å²) in [6, 6.07) is 11.7. The fourth-order valence-corrected chi connectivity index (χ4v) is 5.36. The minimum Gasteiger partial charge on any atom is -0.366 e. The van der Waals surface area contributed by atoms with Gasteiger partial charge in [0.25, 0.3) is 0 Å². The first kappa shape index (κ1) is 22.0. The third-order valence-electron chi connectivity index (χ3n) is 5.55. The Kier molecular flexibility index (Phi) is 5.98. The van der Waals surface area contributed by atoms with Gasteiger partial charge in [0.1, 0.15) is 10.7 Å². The molecule has 2 N–H and O–H groups in total. The number of hydrogen-bond donors (Lipinski definition) is 2. The van der Waals surface area contributed by atoms with Gasteiger partial charge in [0, 0.05) is 67.8 Å². The smallest absolute Gasteiger partial charge is 0.246 e. The minimum atomic E-state index is -3.59. The molecule has 0 unspecified atom stereocenters. The Labute approximate surface area is 186 Å². The van der Waals surface area contributed by atoms with Gasteiger partial charge in [0.2, 0.25) is 10.0 Å². The van der Waals surface area contributed by atoms with Gasteiger partial charge in [-0.15, -0.1) is 0 Å². The van der Waals surface area contributed by atoms with Crippen LogP contribution in [0.5, 0.6) is 0 Å². The minimum absolute atomic E-state index is 0.0512. The molecule has 1 aromatic heterocycles. The van der Waals surface area contributed by atoms with E-state index in [0.717, 1.165) is 17.1 Å². The Morgan fingerprint density at radius 3 is 2.56 bits per heavy atom. The molecule has 1 aliphatic heterocycles. The number of aryl methyl sites for hydroxylation is 1. The van der Waals surface area contributed by atoms with E-state index in [4.69, 9.17) is 5.41 Å². The molecule has 0 bridgehead atoms. The Morgan fingerprint density at radius 1 is 1.19 bits per heavy atom. The third-order valence-corrected chi connectivity index (χ3v) is 7.37. The number of nitrogens with zero attached hydrogens (tertiary/aromatic N) is 4. The van der Waals surface area contributed by atoms with Gasteiger partial charge >= 0.3 is 0 Å². The maximum Gasteiger partial charge on any atom is 0.246 e. The van der Waals surface area contributed by atoms with Crippen LogP contribution in [0.15, 0.2) is 59.8 Å². The number of benzene rings is 2. The summed E-state index contributed by atoms with van der Waals surface area (Å²) in [5.74, 6) is -0.308. The van der Waals surface area contributed by atoms with Crippen LogP contribution < -0.4 is 10.2 Å². The van der Waals surface area contributed by atoms with Crippen LogP contribution in [0, 0.1) is 11.2 Å². The van der Waals surface area contributed by atoms with Crippen molar-refractivity contribution in [2.45, 2.75) is 17.9 Å². The average Bonchev–Trinajstić information content (AvgIpc) is 3.23. The molecular formula is C22H25FN6O2S. The highest BCUT2D eigenvalue weighted by Crippen LogP contribution is 2.29. The molecule has 32 heavy (non-hydrogen) atoms. The lowest BCUT2D eigenvalue weighted by molar-refractivity contribution is 0.342. The fourth-order valence-electron chi connectivity index (χ4n) is 3.86. The van der Waals surface area contributed by atoms with E-state index in [9.17, 15) is 12.8 Å². The van der Waals surface area contributed by atoms with E-state index in [1.807, 2.05) is 25.1 Å². The van der Waals surface area contributed by atoms with E-state index < -0.39 is 10.0 Å². The van der Waals surface area contributed by atoms with Crippen LogP contribution in [0.4, 0.5) is 21.5 Å². The zero-order valence-corrected chi connectivity index (χ0v) is 18.7. The van der Waals surface area contributed by atoms with Gasteiger partial charge < -0.3 is 15.6 Å². The molecule has 8 nitrogen and oxygen atoms in total. The highest BCUT2D eigenvalue weighted by atomic mass is 32.2. The second-order valence-electron chi connectivity index (χ2n) is 7.80. The average molecular weight is 457 g/mol. The summed E-state index contributed by atoms with van der Waals surface area (Å²) in [6.07, 6.45) is 4.15. The Hall–Kier alpha value is -3.24. The van der Waals surface area contributed by atoms with E-state index in [1.165, 1.54) is 39.7 Å². The maximum absolute atomic E-state index is 13.2. The van der Waals surface area contributed by atoms with E-state index in [1.54, 1.807) is 19.2 Å². The molecule has 1 fully saturated rings. The predicted octanol–water partition coefficient (Wildman–Crippen LogP) is 3.20. The number of sulfonamides is 1. The molecule has 1 atom stereocenters. The number of rotatable bonds is 6. The van der Waals surface area contributed by atoms with Crippen molar-refractivity contribution in [2.75, 3.05) is 29.9 Å². The van der Waals surface area contributed by atoms with E-state index in [-0.39, 0.29) is 16.8 Å². The number of anilines is 3. The van der Waals surface area contributed by atoms with Crippen molar-refractivity contribution in [1.82, 2.24) is 14.1 Å². The summed E-state index contributed by atoms with van der Waals surface area (Å²) in [4.78, 5) is 2.34. The van der Waals surface area contributed by atoms with Crippen molar-refractivity contribution in [2.24, 2.45) is 7.05 Å². The first-order valence-electron chi connectivity index (χ1n) is 10.2. The topological polar surface area (TPSA) is 94.3 Å². The van der Waals surface area contributed by atoms with Crippen molar-refractivity contribution in [3.8, 4) is 0 Å². The lowest BCUT2D eigenvalue weighted by atomic mass is 10.1. The molecule has 3 aromatic rings. The number of aromatic nitrogens is 2. The molecule has 0 amide bonds. The van der Waals surface area contributed by atoms with Gasteiger partial charge in [0.15, 0.2) is 0 Å². The van der Waals surface area contributed by atoms with Crippen molar-refractivity contribution >= 4 is 33.3 Å². The molecular weight excluding hydrogens is 431 g/mol. The van der Waals surface area contributed by atoms with Gasteiger partial charge in [-0.05, 0) is 49.4 Å². The van der Waals surface area contributed by atoms with Crippen molar-refractivity contribution in [3.05, 3.63) is 66.2 Å². The summed E-state index contributed by atoms with van der Waals surface area (Å²) in [7, 11) is -1.90. The SMILES string of the molecule is C[C@@H]1CN(S(=O)(=O)c2cnn(C)c2)CCN1c1ccc(Nc2ccc(F)cc2)c(C=N)c1. The molecule has 168 valence electrons. The lowest BCUT2D eigenvalue weighted by Crippen LogP contribution is -2.53. The first-order chi connectivity index (χ1) is 15.3. The quantitative estimate of drug-likeness (QED) is 0.556. The fraction of sp³-hybridized carbons (Fsp3) is 0.273. The van der Waals surface area contributed by atoms with E-state index in [0.29, 0.717) is 25.2 Å². The number of nitrogens with one attached hydrogen (secondary N) is 2. The Morgan fingerprint density at radius 2 is 1.94 bits per heavy atom. The number of halogens is 1. The Bertz CT molecular complexity index is 1230. The lowest BCUT2D eigenvalue weighted by Gasteiger charge is -2.40. The van der Waals surface area contributed by atoms with Crippen molar-refractivity contribution in [3.63, 3.8) is 0 Å². The van der Waals surface area contributed by atoms with Crippen LogP contribution in [0.1, 0.15) is 12.5 Å². The Balaban J connectivity index is 1.50. The van der Waals surface area contributed by atoms with Crippen molar-refractivity contribution in [1.29, 1.82) is 5.41 Å². The zero-order valence-electron chi connectivity index (χ0n) is 17.9. The van der Waals surface area contributed by atoms with Gasteiger partial charge in [-0.25, -0.2) is 12.8 Å². The summed E-state index contributed by atoms with van der Waals surface area (Å²) >= 11 is 0. The monoisotopic (exact) mass is 456 g/mol. The van der Waals surface area contributed by atoms with Crippen LogP contribution in [-0.2, 0) is 17.1 Å². The van der Waals surface area contributed by atoms with Crippen LogP contribution >= 0.6 is 0 Å². The van der Waals surface area contributed by atoms with Gasteiger partial charge in [-0.1, -0.05) is 0 Å². The molecule has 1 aliphatic rings. The predicted molar refractivity (Wildman–Crippen MR) is 123 cm³/mol. The molecule has 2 heterocycles. The van der Waals surface area contributed by atoms with Crippen LogP contribution in [-0.4, -0.2) is 54.4 Å². The van der Waals surface area contributed by atoms with Gasteiger partial charge in [0.05, 0.1) is 6.20 Å². The van der Waals surface area contributed by atoms with Crippen LogP contribution in [0.25, 0.3) is 0 Å². The highest BCUT2D eigenvalue weighted by Gasteiger charge is 2.33. The summed E-state index contributed by atoms with van der Waals surface area (Å²) in [5, 5.41) is 15.0. The molecule has 10 heteroatoms. The molecule has 2 aromatic carbocycles. The summed E-state index contributed by atoms with van der Waals surface area (Å²) < 4.78 is 42.0. The largest absolute Gasteiger partial charge is 0.366 e. The second kappa shape index (κ2) is 8.71. The normalized spacial score (nSPS) is 17.3. The molecule has 1 saturated heterocycles. The van der Waals surface area contributed by atoms with Gasteiger partial charge in [-0.3, -0.25) is 4.68 Å². The molecule has 0 aliphatic carbocycles. The molecule has 0 spiro atoms. The second-order valence-corrected chi connectivity index (χ2v) is 9.74. The first-order valence-corrected chi connectivity index (χ1v) is 11.6. The van der Waals surface area contributed by atoms with E-state index >= 15 is 0 Å². The van der Waals surface area contributed by atoms with Crippen LogP contribution in [0.3, 0.4) is 0 Å². The zero-order chi connectivity index (χ0) is 22.9. The van der Waals surface area contributed by atoms with Crippen molar-refractivity contribution < 1.29 is 12.8 Å². The summed E-state index contributed by atoms with van der Waals surface area (Å²) in [5.41, 5.74) is 3.06. The molecule has 4 rings (SSSR count). The number of hydrogen-bond acceptors (Lipinski definition) is 6. The standard InChI is InChI=1S/C22H25FN6O2S/c1-16-14-28(32(30,31)21-13-25-27(2)15-21)9-10-29(16)20-7-8-22(17(11-20)12-24)26-19-5-3-18(23)4-6-19/h3-8,11-13,15-16,24,26H,9-10,14H2,1-2H3/t16-/m1/s1. The maximum atomic E-state index is 13.2. The van der Waals surface area contributed by atoms with E-state index in [2.05, 4.69) is 15.3 Å². The highest BCUT2D eigenvalue weighted by molar-refractivity contribution is 7.89. The van der Waals surface area contributed by atoms with Gasteiger partial charge in [-0.2, -0.15) is 9.40 Å². The number of piperazine rings is 1. The third kappa shape index (κ3) is 4.37. The molecule has 0 saturated carbocycles. The molecule has 0 radical (unpaired) electrons. The van der Waals surface area contributed by atoms with Crippen LogP contribution in [0.2, 0.25) is 0 Å².